The minimum Gasteiger partial charge on any atom is -0.485 e. The molecule has 0 spiro atoms. The minimum atomic E-state index is -0.751. The minimum absolute atomic E-state index is 0.153. The molecule has 0 bridgehead atoms. The second kappa shape index (κ2) is 8.56. The molecule has 4 aromatic rings. The highest BCUT2D eigenvalue weighted by molar-refractivity contribution is 7.98. The van der Waals surface area contributed by atoms with Gasteiger partial charge in [0.05, 0.1) is 16.8 Å². The van der Waals surface area contributed by atoms with Gasteiger partial charge in [-0.05, 0) is 42.2 Å². The average Bonchev–Trinajstić information content (AvgIpc) is 3.26. The molecule has 1 unspecified atom stereocenters. The summed E-state index contributed by atoms with van der Waals surface area (Å²) in [6.45, 7) is 0.503. The Balaban J connectivity index is 1.51. The van der Waals surface area contributed by atoms with Crippen molar-refractivity contribution in [2.45, 2.75) is 17.5 Å². The molecule has 5 rings (SSSR count). The molecule has 1 aliphatic heterocycles. The zero-order valence-electron chi connectivity index (χ0n) is 16.7. The molecule has 156 valence electrons. The van der Waals surface area contributed by atoms with Crippen molar-refractivity contribution < 1.29 is 14.3 Å². The number of carbonyl (C=O) groups excluding carboxylic acids is 1. The molecule has 0 saturated carbocycles. The van der Waals surface area contributed by atoms with Gasteiger partial charge in [0, 0.05) is 17.3 Å². The highest BCUT2D eigenvalue weighted by atomic mass is 32.2. The number of nitrogens with zero attached hydrogens (tertiary/aromatic N) is 3. The normalized spacial score (nSPS) is 15.1. The van der Waals surface area contributed by atoms with Crippen molar-refractivity contribution in [1.82, 2.24) is 9.97 Å². The van der Waals surface area contributed by atoms with E-state index < -0.39 is 6.10 Å². The highest BCUT2D eigenvalue weighted by Crippen LogP contribution is 2.36. The van der Waals surface area contributed by atoms with Gasteiger partial charge in [-0.3, -0.25) is 14.7 Å². The second-order valence-electron chi connectivity index (χ2n) is 6.95. The van der Waals surface area contributed by atoms with E-state index in [0.717, 1.165) is 20.7 Å². The molecule has 0 N–H and O–H groups in total. The summed E-state index contributed by atoms with van der Waals surface area (Å²) in [4.78, 5) is 25.4. The monoisotopic (exact) mass is 449 g/mol. The zero-order chi connectivity index (χ0) is 21.2. The summed E-state index contributed by atoms with van der Waals surface area (Å²) in [6, 6.07) is 17.3. The number of thiazole rings is 1. The lowest BCUT2D eigenvalue weighted by atomic mass is 10.2. The van der Waals surface area contributed by atoms with Gasteiger partial charge in [-0.25, -0.2) is 4.98 Å². The molecule has 1 amide bonds. The first-order chi connectivity index (χ1) is 15.2. The number of thioether (sulfide) groups is 1. The summed E-state index contributed by atoms with van der Waals surface area (Å²) in [5, 5.41) is 0.632. The maximum Gasteiger partial charge on any atom is 0.273 e. The van der Waals surface area contributed by atoms with Crippen LogP contribution in [-0.4, -0.2) is 34.8 Å². The number of amides is 1. The lowest BCUT2D eigenvalue weighted by Gasteiger charge is -2.29. The molecule has 31 heavy (non-hydrogen) atoms. The molecule has 0 aliphatic carbocycles. The average molecular weight is 450 g/mol. The van der Waals surface area contributed by atoms with E-state index in [4.69, 9.17) is 14.5 Å². The van der Waals surface area contributed by atoms with Crippen LogP contribution in [0.4, 0.5) is 5.13 Å². The SMILES string of the molecule is CSc1cccc2sc(N(Cc3cccnc3)C(=O)C3COc4ccccc4O3)nc12. The number of anilines is 1. The number of ether oxygens (including phenoxy) is 2. The van der Waals surface area contributed by atoms with Crippen LogP contribution in [0.2, 0.25) is 0 Å². The molecule has 0 radical (unpaired) electrons. The summed E-state index contributed by atoms with van der Waals surface area (Å²) >= 11 is 3.14. The summed E-state index contributed by atoms with van der Waals surface area (Å²) in [5.74, 6) is 1.03. The Kier molecular flexibility index (Phi) is 5.48. The molecule has 3 heterocycles. The number of para-hydroxylation sites is 3. The van der Waals surface area contributed by atoms with E-state index in [1.165, 1.54) is 11.3 Å². The Morgan fingerprint density at radius 1 is 1.16 bits per heavy atom. The van der Waals surface area contributed by atoms with Crippen molar-refractivity contribution in [3.8, 4) is 11.5 Å². The van der Waals surface area contributed by atoms with Crippen LogP contribution in [0.25, 0.3) is 10.2 Å². The number of rotatable bonds is 5. The number of carbonyl (C=O) groups is 1. The summed E-state index contributed by atoms with van der Waals surface area (Å²) in [7, 11) is 0. The molecule has 6 nitrogen and oxygen atoms in total. The largest absolute Gasteiger partial charge is 0.485 e. The van der Waals surface area contributed by atoms with Crippen molar-refractivity contribution in [2.24, 2.45) is 0 Å². The fourth-order valence-electron chi connectivity index (χ4n) is 3.42. The van der Waals surface area contributed by atoms with Gasteiger partial charge in [-0.15, -0.1) is 11.8 Å². The Morgan fingerprint density at radius 2 is 2.03 bits per heavy atom. The van der Waals surface area contributed by atoms with Crippen LogP contribution in [0.3, 0.4) is 0 Å². The number of benzene rings is 2. The van der Waals surface area contributed by atoms with Gasteiger partial charge in [-0.1, -0.05) is 35.6 Å². The van der Waals surface area contributed by atoms with E-state index in [2.05, 4.69) is 4.98 Å². The van der Waals surface area contributed by atoms with E-state index in [1.807, 2.05) is 60.9 Å². The van der Waals surface area contributed by atoms with E-state index in [-0.39, 0.29) is 12.5 Å². The van der Waals surface area contributed by atoms with Gasteiger partial charge in [0.25, 0.3) is 5.91 Å². The molecule has 2 aromatic carbocycles. The molecular weight excluding hydrogens is 430 g/mol. The fourth-order valence-corrected chi connectivity index (χ4v) is 5.05. The Bertz CT molecular complexity index is 1230. The maximum absolute atomic E-state index is 13.6. The van der Waals surface area contributed by atoms with Gasteiger partial charge in [0.1, 0.15) is 6.61 Å². The second-order valence-corrected chi connectivity index (χ2v) is 8.81. The molecule has 1 aliphatic rings. The van der Waals surface area contributed by atoms with E-state index in [1.54, 1.807) is 29.1 Å². The van der Waals surface area contributed by atoms with Crippen LogP contribution in [0.1, 0.15) is 5.56 Å². The molecule has 2 aromatic heterocycles. The Hall–Kier alpha value is -3.10. The Labute approximate surface area is 187 Å². The highest BCUT2D eigenvalue weighted by Gasteiger charge is 2.33. The molecule has 0 fully saturated rings. The number of aromatic nitrogens is 2. The first-order valence-electron chi connectivity index (χ1n) is 9.75. The van der Waals surface area contributed by atoms with Crippen molar-refractivity contribution in [1.29, 1.82) is 0 Å². The maximum atomic E-state index is 13.6. The predicted octanol–water partition coefficient (Wildman–Crippen LogP) is 4.79. The van der Waals surface area contributed by atoms with Gasteiger partial charge in [-0.2, -0.15) is 0 Å². The summed E-state index contributed by atoms with van der Waals surface area (Å²) < 4.78 is 12.8. The van der Waals surface area contributed by atoms with Crippen LogP contribution in [0.5, 0.6) is 11.5 Å². The third-order valence-electron chi connectivity index (χ3n) is 4.94. The quantitative estimate of drug-likeness (QED) is 0.408. The van der Waals surface area contributed by atoms with Crippen LogP contribution in [0, 0.1) is 0 Å². The fraction of sp³-hybridized carbons (Fsp3) is 0.174. The van der Waals surface area contributed by atoms with Crippen molar-refractivity contribution >= 4 is 44.4 Å². The van der Waals surface area contributed by atoms with Gasteiger partial charge in [0.15, 0.2) is 16.6 Å². The van der Waals surface area contributed by atoms with E-state index in [0.29, 0.717) is 23.2 Å². The Morgan fingerprint density at radius 3 is 2.84 bits per heavy atom. The third kappa shape index (κ3) is 3.96. The van der Waals surface area contributed by atoms with Crippen molar-refractivity contribution in [3.05, 3.63) is 72.6 Å². The number of hydrogen-bond acceptors (Lipinski definition) is 7. The van der Waals surface area contributed by atoms with Gasteiger partial charge >= 0.3 is 0 Å². The number of hydrogen-bond donors (Lipinski definition) is 0. The van der Waals surface area contributed by atoms with Crippen LogP contribution in [-0.2, 0) is 11.3 Å². The predicted molar refractivity (Wildman–Crippen MR) is 123 cm³/mol. The van der Waals surface area contributed by atoms with E-state index >= 15 is 0 Å². The van der Waals surface area contributed by atoms with Crippen molar-refractivity contribution in [2.75, 3.05) is 17.8 Å². The molecular formula is C23H19N3O3S2. The van der Waals surface area contributed by atoms with Crippen molar-refractivity contribution in [3.63, 3.8) is 0 Å². The van der Waals surface area contributed by atoms with E-state index in [9.17, 15) is 4.79 Å². The smallest absolute Gasteiger partial charge is 0.273 e. The lowest BCUT2D eigenvalue weighted by Crippen LogP contribution is -2.46. The first kappa shape index (κ1) is 19.8. The molecule has 1 atom stereocenters. The van der Waals surface area contributed by atoms with Crippen LogP contribution >= 0.6 is 23.1 Å². The summed E-state index contributed by atoms with van der Waals surface area (Å²) in [5.41, 5.74) is 1.82. The topological polar surface area (TPSA) is 64.6 Å². The van der Waals surface area contributed by atoms with Crippen LogP contribution < -0.4 is 14.4 Å². The van der Waals surface area contributed by atoms with Crippen LogP contribution in [0.15, 0.2) is 71.9 Å². The van der Waals surface area contributed by atoms with Gasteiger partial charge < -0.3 is 9.47 Å². The first-order valence-corrected chi connectivity index (χ1v) is 11.8. The zero-order valence-corrected chi connectivity index (χ0v) is 18.4. The van der Waals surface area contributed by atoms with Gasteiger partial charge in [0.2, 0.25) is 6.10 Å². The lowest BCUT2D eigenvalue weighted by molar-refractivity contribution is -0.127. The number of fused-ring (bicyclic) bond motifs is 2. The molecule has 0 saturated heterocycles. The number of pyridine rings is 1. The summed E-state index contributed by atoms with van der Waals surface area (Å²) in [6.07, 6.45) is 4.75. The third-order valence-corrected chi connectivity index (χ3v) is 6.75. The molecule has 8 heteroatoms. The standard InChI is InChI=1S/C23H19N3O3S2/c1-30-19-9-4-10-20-21(19)25-23(31-20)26(13-15-6-5-11-24-12-15)22(27)18-14-28-16-7-2-3-8-17(16)29-18/h2-12,18H,13-14H2,1H3.